The zero-order valence-electron chi connectivity index (χ0n) is 15.4. The van der Waals surface area contributed by atoms with E-state index >= 15 is 0 Å². The number of rotatable bonds is 2. The van der Waals surface area contributed by atoms with Gasteiger partial charge in [0.25, 0.3) is 0 Å². The second kappa shape index (κ2) is 8.54. The van der Waals surface area contributed by atoms with Crippen molar-refractivity contribution in [2.75, 3.05) is 0 Å². The van der Waals surface area contributed by atoms with Gasteiger partial charge in [0.15, 0.2) is 0 Å². The van der Waals surface area contributed by atoms with Crippen molar-refractivity contribution >= 4 is 21.5 Å². The average Bonchev–Trinajstić information content (AvgIpc) is 2.73. The summed E-state index contributed by atoms with van der Waals surface area (Å²) in [6.45, 7) is 0. The van der Waals surface area contributed by atoms with Gasteiger partial charge in [-0.1, -0.05) is 77.5 Å². The van der Waals surface area contributed by atoms with Gasteiger partial charge in [0.1, 0.15) is 0 Å². The predicted molar refractivity (Wildman–Crippen MR) is 114 cm³/mol. The summed E-state index contributed by atoms with van der Waals surface area (Å²) in [7, 11) is 0. The van der Waals surface area contributed by atoms with E-state index in [1.807, 2.05) is 42.5 Å². The van der Waals surface area contributed by atoms with E-state index in [0.29, 0.717) is 0 Å². The molecule has 138 valence electrons. The molecule has 0 aliphatic heterocycles. The topological polar surface area (TPSA) is 12.9 Å². The molecule has 0 amide bonds. The molecule has 5 aromatic rings. The molecule has 1 aromatic heterocycles. The first-order chi connectivity index (χ1) is 12.9. The van der Waals surface area contributed by atoms with Crippen LogP contribution < -0.4 is 0 Å². The van der Waals surface area contributed by atoms with Gasteiger partial charge in [0.05, 0.1) is 0 Å². The van der Waals surface area contributed by atoms with Crippen molar-refractivity contribution in [1.82, 2.24) is 4.98 Å². The number of pyridine rings is 1. The maximum Gasteiger partial charge on any atom is 3.00 e. The fourth-order valence-electron chi connectivity index (χ4n) is 3.28. The van der Waals surface area contributed by atoms with E-state index in [0.717, 1.165) is 22.5 Å². The number of aromatic nitrogens is 1. The van der Waals surface area contributed by atoms with Crippen molar-refractivity contribution in [3.8, 4) is 22.5 Å². The van der Waals surface area contributed by atoms with Gasteiger partial charge in [-0.15, -0.1) is 58.3 Å². The molecule has 2 heteroatoms. The van der Waals surface area contributed by atoms with Crippen LogP contribution in [0.25, 0.3) is 44.1 Å². The largest absolute Gasteiger partial charge is 3.00 e. The monoisotopic (exact) mass is 541 g/mol. The molecule has 5 rings (SSSR count). The summed E-state index contributed by atoms with van der Waals surface area (Å²) in [4.78, 5) is 4.86. The molecular formula is C26H18AuN. The van der Waals surface area contributed by atoms with Gasteiger partial charge >= 0.3 is 22.4 Å². The van der Waals surface area contributed by atoms with E-state index < -0.39 is 0 Å². The third kappa shape index (κ3) is 3.79. The van der Waals surface area contributed by atoms with Crippen molar-refractivity contribution in [1.29, 1.82) is 0 Å². The molecule has 0 aliphatic carbocycles. The summed E-state index contributed by atoms with van der Waals surface area (Å²) in [5, 5.41) is 4.78. The Labute approximate surface area is 181 Å². The Morgan fingerprint density at radius 1 is 0.536 bits per heavy atom. The van der Waals surface area contributed by atoms with Crippen LogP contribution in [0.3, 0.4) is 0 Å². The molecule has 0 atom stereocenters. The van der Waals surface area contributed by atoms with Gasteiger partial charge in [-0.25, -0.2) is 0 Å². The molecule has 0 bridgehead atoms. The van der Waals surface area contributed by atoms with Gasteiger partial charge in [-0.3, -0.25) is 0 Å². The Bertz CT molecular complexity index is 1150. The van der Waals surface area contributed by atoms with Crippen LogP contribution in [0.2, 0.25) is 0 Å². The normalized spacial score (nSPS) is 10.3. The average molecular weight is 541 g/mol. The fourth-order valence-corrected chi connectivity index (χ4v) is 3.28. The molecule has 1 nitrogen and oxygen atoms in total. The summed E-state index contributed by atoms with van der Waals surface area (Å²) in [5.41, 5.74) is 3.86. The third-order valence-electron chi connectivity index (χ3n) is 4.66. The van der Waals surface area contributed by atoms with Crippen LogP contribution in [0, 0.1) is 19.6 Å². The van der Waals surface area contributed by atoms with E-state index in [4.69, 9.17) is 4.98 Å². The standard InChI is InChI=1S/C25H15N.CH3.Au/c1-3-8-20-16-22(14-12-18(20)6-1)24-10-5-11-25(26-24)23-15-13-19-7-2-4-9-21(19)17-23;;/h1-13,16-17H;1H3;/q-2;-1;+3. The number of hydrogen-bond acceptors (Lipinski definition) is 1. The van der Waals surface area contributed by atoms with Gasteiger partial charge < -0.3 is 12.4 Å². The van der Waals surface area contributed by atoms with E-state index in [9.17, 15) is 0 Å². The summed E-state index contributed by atoms with van der Waals surface area (Å²) >= 11 is 0. The SMILES string of the molecule is [Au+3].[CH3-].[c-]1cc2ccccc2cc1-c1cccc(-c2[c-]cc3ccccc3c2)n1. The Kier molecular flexibility index (Phi) is 6.11. The van der Waals surface area contributed by atoms with Gasteiger partial charge in [0.2, 0.25) is 0 Å². The summed E-state index contributed by atoms with van der Waals surface area (Å²) in [6.07, 6.45) is 0. The minimum absolute atomic E-state index is 0. The summed E-state index contributed by atoms with van der Waals surface area (Å²) in [6, 6.07) is 37.8. The molecule has 0 saturated carbocycles. The molecule has 28 heavy (non-hydrogen) atoms. The fraction of sp³-hybridized carbons (Fsp3) is 0. The second-order valence-electron chi connectivity index (χ2n) is 6.36. The Hall–Kier alpha value is -2.71. The first-order valence-electron chi connectivity index (χ1n) is 8.66. The minimum Gasteiger partial charge on any atom is -0.358 e. The van der Waals surface area contributed by atoms with Gasteiger partial charge in [-0.05, 0) is 11.4 Å². The van der Waals surface area contributed by atoms with E-state index in [1.165, 1.54) is 21.5 Å². The van der Waals surface area contributed by atoms with Gasteiger partial charge in [-0.2, -0.15) is 0 Å². The molecule has 0 radical (unpaired) electrons. The van der Waals surface area contributed by atoms with Crippen molar-refractivity contribution in [3.63, 3.8) is 0 Å². The zero-order valence-corrected chi connectivity index (χ0v) is 17.6. The number of hydrogen-bond donors (Lipinski definition) is 0. The molecule has 0 fully saturated rings. The van der Waals surface area contributed by atoms with E-state index in [-0.39, 0.29) is 29.8 Å². The zero-order chi connectivity index (χ0) is 17.3. The summed E-state index contributed by atoms with van der Waals surface area (Å²) < 4.78 is 0. The van der Waals surface area contributed by atoms with Crippen LogP contribution in [0.1, 0.15) is 0 Å². The summed E-state index contributed by atoms with van der Waals surface area (Å²) in [5.74, 6) is 0. The van der Waals surface area contributed by atoms with Crippen LogP contribution in [0.4, 0.5) is 0 Å². The van der Waals surface area contributed by atoms with E-state index in [1.54, 1.807) is 0 Å². The maximum absolute atomic E-state index is 4.86. The predicted octanol–water partition coefficient (Wildman–Crippen LogP) is 6.77. The smallest absolute Gasteiger partial charge is 0.358 e. The van der Waals surface area contributed by atoms with Crippen LogP contribution in [0.15, 0.2) is 91.0 Å². The van der Waals surface area contributed by atoms with E-state index in [2.05, 4.69) is 60.7 Å². The molecule has 1 heterocycles. The van der Waals surface area contributed by atoms with Crippen molar-refractivity contribution in [2.24, 2.45) is 0 Å². The number of fused-ring (bicyclic) bond motifs is 2. The molecule has 4 aromatic carbocycles. The molecule has 0 saturated heterocycles. The Morgan fingerprint density at radius 2 is 0.964 bits per heavy atom. The van der Waals surface area contributed by atoms with Crippen LogP contribution in [-0.2, 0) is 22.4 Å². The van der Waals surface area contributed by atoms with Crippen molar-refractivity contribution in [3.05, 3.63) is 111 Å². The maximum atomic E-state index is 4.86. The quantitative estimate of drug-likeness (QED) is 0.178. The molecular weight excluding hydrogens is 523 g/mol. The number of benzene rings is 4. The number of nitrogens with zero attached hydrogens (tertiary/aromatic N) is 1. The van der Waals surface area contributed by atoms with Gasteiger partial charge in [0, 0.05) is 0 Å². The van der Waals surface area contributed by atoms with Crippen molar-refractivity contribution < 1.29 is 22.4 Å². The first kappa shape index (κ1) is 20.0. The minimum atomic E-state index is 0. The molecule has 0 unspecified atom stereocenters. The molecule has 0 aliphatic rings. The van der Waals surface area contributed by atoms with Crippen molar-refractivity contribution in [2.45, 2.75) is 0 Å². The Morgan fingerprint density at radius 3 is 1.43 bits per heavy atom. The van der Waals surface area contributed by atoms with Crippen LogP contribution in [0.5, 0.6) is 0 Å². The third-order valence-corrected chi connectivity index (χ3v) is 4.66. The molecule has 0 spiro atoms. The Balaban J connectivity index is 0.00000112. The first-order valence-corrected chi connectivity index (χ1v) is 8.66. The second-order valence-corrected chi connectivity index (χ2v) is 6.36. The van der Waals surface area contributed by atoms with Crippen LogP contribution >= 0.6 is 0 Å². The van der Waals surface area contributed by atoms with Crippen LogP contribution in [-0.4, -0.2) is 4.98 Å². The molecule has 0 N–H and O–H groups in total.